The number of ether oxygens (including phenoxy) is 1. The minimum absolute atomic E-state index is 0.0293. The maximum Gasteiger partial charge on any atom is 0.310 e. The van der Waals surface area contributed by atoms with Crippen molar-refractivity contribution < 1.29 is 28.8 Å². The Bertz CT molecular complexity index is 2240. The van der Waals surface area contributed by atoms with Crippen molar-refractivity contribution in [3.05, 3.63) is 155 Å². The van der Waals surface area contributed by atoms with Gasteiger partial charge in [-0.15, -0.1) is 15.0 Å². The van der Waals surface area contributed by atoms with Gasteiger partial charge in [-0.25, -0.2) is 0 Å². The lowest BCUT2D eigenvalue weighted by molar-refractivity contribution is -0.144. The van der Waals surface area contributed by atoms with E-state index in [9.17, 15) is 24.1 Å². The first-order chi connectivity index (χ1) is 24.6. The molecule has 1 heterocycles. The standard InChI is InChI=1S/C40H35N4O6P/c1-4-36(45)41-24-30-21-28(22-35(39(30)47)44-42-33-17-11-12-18-34(33)43-44)23-37(46)50-25-29-19-26(2)38(27(3)20-29)40(48)51(49,31-13-7-5-8-14-31)32-15-9-6-10-16-32/h4-22,47H,1,23-25H2,2-3H3,(H,41,45). The number of amides is 1. The molecule has 256 valence electrons. The average Bonchev–Trinajstić information content (AvgIpc) is 3.58. The molecular weight excluding hydrogens is 663 g/mol. The molecule has 0 bridgehead atoms. The van der Waals surface area contributed by atoms with Crippen molar-refractivity contribution in [2.24, 2.45) is 0 Å². The van der Waals surface area contributed by atoms with E-state index in [0.29, 0.717) is 55.0 Å². The molecule has 0 saturated heterocycles. The first kappa shape index (κ1) is 34.7. The van der Waals surface area contributed by atoms with Gasteiger partial charge in [0.1, 0.15) is 29.1 Å². The number of aromatic nitrogens is 3. The van der Waals surface area contributed by atoms with Gasteiger partial charge < -0.3 is 19.7 Å². The van der Waals surface area contributed by atoms with Crippen LogP contribution in [-0.2, 0) is 38.5 Å². The lowest BCUT2D eigenvalue weighted by Crippen LogP contribution is -2.23. The van der Waals surface area contributed by atoms with Crippen LogP contribution in [0.15, 0.2) is 122 Å². The third kappa shape index (κ3) is 7.27. The predicted molar refractivity (Wildman–Crippen MR) is 196 cm³/mol. The molecule has 51 heavy (non-hydrogen) atoms. The highest BCUT2D eigenvalue weighted by molar-refractivity contribution is 7.93. The molecule has 0 radical (unpaired) electrons. The number of carbonyl (C=O) groups is 3. The quantitative estimate of drug-likeness (QED) is 0.0904. The highest BCUT2D eigenvalue weighted by atomic mass is 31.2. The number of nitrogens with zero attached hydrogens (tertiary/aromatic N) is 3. The summed E-state index contributed by atoms with van der Waals surface area (Å²) in [7, 11) is -3.71. The third-order valence-corrected chi connectivity index (χ3v) is 11.3. The second kappa shape index (κ2) is 14.8. The fraction of sp³-hybridized carbons (Fsp3) is 0.125. The summed E-state index contributed by atoms with van der Waals surface area (Å²) in [6, 6.07) is 31.6. The van der Waals surface area contributed by atoms with Crippen molar-refractivity contribution in [3.8, 4) is 11.4 Å². The second-order valence-corrected chi connectivity index (χ2v) is 14.7. The van der Waals surface area contributed by atoms with Gasteiger partial charge in [0.2, 0.25) is 18.6 Å². The molecule has 10 nitrogen and oxygen atoms in total. The highest BCUT2D eigenvalue weighted by Crippen LogP contribution is 2.48. The van der Waals surface area contributed by atoms with Crippen LogP contribution in [0.4, 0.5) is 0 Å². The number of hydrogen-bond donors (Lipinski definition) is 2. The second-order valence-electron chi connectivity index (χ2n) is 12.1. The smallest absolute Gasteiger partial charge is 0.310 e. The highest BCUT2D eigenvalue weighted by Gasteiger charge is 2.38. The van der Waals surface area contributed by atoms with E-state index in [-0.39, 0.29) is 31.0 Å². The van der Waals surface area contributed by atoms with Crippen molar-refractivity contribution in [2.45, 2.75) is 33.4 Å². The number of phenolic OH excluding ortho intramolecular Hbond substituents is 1. The van der Waals surface area contributed by atoms with Gasteiger partial charge in [0.15, 0.2) is 0 Å². The lowest BCUT2D eigenvalue weighted by Gasteiger charge is -2.21. The predicted octanol–water partition coefficient (Wildman–Crippen LogP) is 5.99. The van der Waals surface area contributed by atoms with Gasteiger partial charge in [-0.05, 0) is 66.4 Å². The Morgan fingerprint density at radius 1 is 0.824 bits per heavy atom. The van der Waals surface area contributed by atoms with Crippen molar-refractivity contribution >= 4 is 46.2 Å². The molecule has 5 aromatic carbocycles. The summed E-state index contributed by atoms with van der Waals surface area (Å²) in [5, 5.41) is 23.6. The zero-order chi connectivity index (χ0) is 36.1. The lowest BCUT2D eigenvalue weighted by atomic mass is 10.0. The molecule has 0 unspecified atom stereocenters. The molecule has 1 aromatic heterocycles. The Hall–Kier alpha value is -6.12. The fourth-order valence-electron chi connectivity index (χ4n) is 6.03. The van der Waals surface area contributed by atoms with Crippen LogP contribution in [0.2, 0.25) is 0 Å². The van der Waals surface area contributed by atoms with Crippen molar-refractivity contribution in [1.82, 2.24) is 20.3 Å². The van der Waals surface area contributed by atoms with Gasteiger partial charge in [0.05, 0.1) is 6.42 Å². The summed E-state index contributed by atoms with van der Waals surface area (Å²) in [5.74, 6) is -1.12. The number of phenols is 1. The molecule has 0 aliphatic rings. The zero-order valence-corrected chi connectivity index (χ0v) is 29.0. The maximum atomic E-state index is 14.7. The van der Waals surface area contributed by atoms with Gasteiger partial charge in [-0.2, -0.15) is 0 Å². The molecular formula is C40H35N4O6P. The molecule has 0 aliphatic carbocycles. The number of aryl methyl sites for hydroxylation is 2. The van der Waals surface area contributed by atoms with Gasteiger partial charge in [-0.1, -0.05) is 91.5 Å². The molecule has 0 fully saturated rings. The first-order valence-corrected chi connectivity index (χ1v) is 17.9. The molecule has 6 aromatic rings. The molecule has 2 N–H and O–H groups in total. The number of carbonyl (C=O) groups excluding carboxylic acids is 3. The van der Waals surface area contributed by atoms with Crippen molar-refractivity contribution in [2.75, 3.05) is 0 Å². The number of nitrogens with one attached hydrogen (secondary N) is 1. The van der Waals surface area contributed by atoms with Crippen molar-refractivity contribution in [3.63, 3.8) is 0 Å². The topological polar surface area (TPSA) is 140 Å². The largest absolute Gasteiger partial charge is 0.505 e. The number of benzene rings is 5. The Balaban J connectivity index is 1.23. The fourth-order valence-corrected chi connectivity index (χ4v) is 8.64. The Kier molecular flexibility index (Phi) is 10.1. The third-order valence-electron chi connectivity index (χ3n) is 8.45. The van der Waals surface area contributed by atoms with Crippen LogP contribution in [0.5, 0.6) is 5.75 Å². The number of hydrogen-bond acceptors (Lipinski definition) is 8. The first-order valence-electron chi connectivity index (χ1n) is 16.2. The summed E-state index contributed by atoms with van der Waals surface area (Å²) >= 11 is 0. The summed E-state index contributed by atoms with van der Waals surface area (Å²) < 4.78 is 20.4. The van der Waals surface area contributed by atoms with Crippen molar-refractivity contribution in [1.29, 1.82) is 0 Å². The maximum absolute atomic E-state index is 14.7. The van der Waals surface area contributed by atoms with Gasteiger partial charge in [0.25, 0.3) is 0 Å². The van der Waals surface area contributed by atoms with Crippen LogP contribution < -0.4 is 15.9 Å². The average molecular weight is 699 g/mol. The van der Waals surface area contributed by atoms with E-state index < -0.39 is 24.5 Å². The van der Waals surface area contributed by atoms with E-state index in [2.05, 4.69) is 22.1 Å². The van der Waals surface area contributed by atoms with E-state index in [1.807, 2.05) is 24.3 Å². The summed E-state index contributed by atoms with van der Waals surface area (Å²) in [6.07, 6.45) is 0.973. The van der Waals surface area contributed by atoms with Crippen LogP contribution in [0, 0.1) is 13.8 Å². The van der Waals surface area contributed by atoms with Crippen LogP contribution in [-0.4, -0.2) is 37.5 Å². The van der Waals surface area contributed by atoms with Gasteiger partial charge in [0, 0.05) is 28.3 Å². The number of esters is 1. The van der Waals surface area contributed by atoms with E-state index in [1.54, 1.807) is 98.8 Å². The summed E-state index contributed by atoms with van der Waals surface area (Å²) in [4.78, 5) is 40.6. The van der Waals surface area contributed by atoms with Crippen LogP contribution >= 0.6 is 7.14 Å². The molecule has 1 amide bonds. The van der Waals surface area contributed by atoms with Crippen LogP contribution in [0.3, 0.4) is 0 Å². The number of rotatable bonds is 12. The number of aromatic hydroxyl groups is 1. The minimum Gasteiger partial charge on any atom is -0.505 e. The van der Waals surface area contributed by atoms with Crippen LogP contribution in [0.1, 0.15) is 38.2 Å². The monoisotopic (exact) mass is 698 g/mol. The summed E-state index contributed by atoms with van der Waals surface area (Å²) in [5.41, 5.74) is 4.12. The molecule has 11 heteroatoms. The van der Waals surface area contributed by atoms with E-state index in [0.717, 1.165) is 6.08 Å². The zero-order valence-electron chi connectivity index (χ0n) is 28.1. The van der Waals surface area contributed by atoms with Crippen LogP contribution in [0.25, 0.3) is 16.7 Å². The molecule has 0 atom stereocenters. The van der Waals surface area contributed by atoms with E-state index >= 15 is 0 Å². The normalized spacial score (nSPS) is 11.3. The molecule has 6 rings (SSSR count). The summed E-state index contributed by atoms with van der Waals surface area (Å²) in [6.45, 7) is 6.92. The van der Waals surface area contributed by atoms with E-state index in [4.69, 9.17) is 4.74 Å². The molecule has 0 spiro atoms. The van der Waals surface area contributed by atoms with Gasteiger partial charge in [-0.3, -0.25) is 14.4 Å². The Labute approximate surface area is 294 Å². The number of fused-ring (bicyclic) bond motifs is 1. The Morgan fingerprint density at radius 2 is 1.37 bits per heavy atom. The molecule has 0 saturated carbocycles. The SMILES string of the molecule is C=CC(=O)NCc1cc(CC(=O)OCc2cc(C)c(C(=O)P(=O)(c3ccccc3)c3ccccc3)c(C)c2)cc(-n2nc3ccccc3n2)c1O. The minimum atomic E-state index is -3.71. The molecule has 0 aliphatic heterocycles. The van der Waals surface area contributed by atoms with E-state index in [1.165, 1.54) is 4.80 Å². The van der Waals surface area contributed by atoms with Gasteiger partial charge >= 0.3 is 5.97 Å². The Morgan fingerprint density at radius 3 is 1.92 bits per heavy atom.